The third kappa shape index (κ3) is 2.89. The first kappa shape index (κ1) is 13.3. The van der Waals surface area contributed by atoms with Crippen LogP contribution in [0.3, 0.4) is 0 Å². The molecule has 1 aromatic rings. The van der Waals surface area contributed by atoms with Crippen LogP contribution in [0.25, 0.3) is 0 Å². The van der Waals surface area contributed by atoms with Gasteiger partial charge in [0.1, 0.15) is 0 Å². The van der Waals surface area contributed by atoms with E-state index in [4.69, 9.17) is 4.74 Å². The van der Waals surface area contributed by atoms with E-state index >= 15 is 0 Å². The second kappa shape index (κ2) is 5.56. The lowest BCUT2D eigenvalue weighted by Crippen LogP contribution is -2.09. The molecule has 0 aliphatic rings. The van der Waals surface area contributed by atoms with Gasteiger partial charge in [-0.25, -0.2) is 13.8 Å². The van der Waals surface area contributed by atoms with Gasteiger partial charge in [0.05, 0.1) is 26.2 Å². The van der Waals surface area contributed by atoms with E-state index in [-0.39, 0.29) is 17.9 Å². The summed E-state index contributed by atoms with van der Waals surface area (Å²) in [5, 5.41) is 0. The molecule has 0 bridgehead atoms. The van der Waals surface area contributed by atoms with Gasteiger partial charge in [0, 0.05) is 6.20 Å². The normalized spacial score (nSPS) is 10.5. The summed E-state index contributed by atoms with van der Waals surface area (Å²) in [5.41, 5.74) is 0.430. The van der Waals surface area contributed by atoms with Crippen molar-refractivity contribution in [2.75, 3.05) is 14.2 Å². The first-order valence-corrected chi connectivity index (χ1v) is 4.88. The van der Waals surface area contributed by atoms with Gasteiger partial charge in [-0.3, -0.25) is 4.79 Å². The maximum Gasteiger partial charge on any atom is 0.310 e. The summed E-state index contributed by atoms with van der Waals surface area (Å²) in [4.78, 5) is 14.9. The van der Waals surface area contributed by atoms with Crippen LogP contribution in [0.15, 0.2) is 6.20 Å². The van der Waals surface area contributed by atoms with Gasteiger partial charge >= 0.3 is 5.97 Å². The molecule has 0 aliphatic heterocycles. The van der Waals surface area contributed by atoms with Gasteiger partial charge in [-0.15, -0.1) is 0 Å². The molecule has 0 spiro atoms. The summed E-state index contributed by atoms with van der Waals surface area (Å²) in [6.07, 6.45) is -1.44. The Morgan fingerprint density at radius 3 is 2.59 bits per heavy atom. The molecular formula is C11H13F2NO3. The summed E-state index contributed by atoms with van der Waals surface area (Å²) in [7, 11) is 2.51. The number of halogens is 2. The number of hydrogen-bond acceptors (Lipinski definition) is 4. The van der Waals surface area contributed by atoms with Gasteiger partial charge in [-0.2, -0.15) is 0 Å². The average Bonchev–Trinajstić information content (AvgIpc) is 2.30. The maximum absolute atomic E-state index is 12.8. The van der Waals surface area contributed by atoms with Crippen LogP contribution in [-0.2, 0) is 16.0 Å². The van der Waals surface area contributed by atoms with E-state index in [1.807, 2.05) is 0 Å². The number of carbonyl (C=O) groups excluding carboxylic acids is 1. The Labute approximate surface area is 97.6 Å². The SMILES string of the molecule is COC(=O)Cc1cnc(OC)c(C(F)F)c1C. The number of nitrogens with zero attached hydrogens (tertiary/aromatic N) is 1. The van der Waals surface area contributed by atoms with Crippen LogP contribution in [0.1, 0.15) is 23.1 Å². The van der Waals surface area contributed by atoms with Gasteiger partial charge in [-0.05, 0) is 18.1 Å². The van der Waals surface area contributed by atoms with Gasteiger partial charge in [0.25, 0.3) is 6.43 Å². The van der Waals surface area contributed by atoms with E-state index in [1.54, 1.807) is 0 Å². The molecule has 1 rings (SSSR count). The average molecular weight is 245 g/mol. The van der Waals surface area contributed by atoms with E-state index in [9.17, 15) is 13.6 Å². The van der Waals surface area contributed by atoms with Crippen LogP contribution in [-0.4, -0.2) is 25.2 Å². The highest BCUT2D eigenvalue weighted by Gasteiger charge is 2.21. The summed E-state index contributed by atoms with van der Waals surface area (Å²) >= 11 is 0. The smallest absolute Gasteiger partial charge is 0.310 e. The number of ether oxygens (including phenoxy) is 2. The Morgan fingerprint density at radius 1 is 1.47 bits per heavy atom. The van der Waals surface area contributed by atoms with E-state index in [1.165, 1.54) is 27.3 Å². The molecule has 94 valence electrons. The summed E-state index contributed by atoms with van der Waals surface area (Å²) < 4.78 is 34.9. The van der Waals surface area contributed by atoms with Crippen LogP contribution < -0.4 is 4.74 Å². The molecule has 0 N–H and O–H groups in total. The van der Waals surface area contributed by atoms with E-state index < -0.39 is 12.4 Å². The molecule has 0 fully saturated rings. The molecule has 0 radical (unpaired) electrons. The number of pyridine rings is 1. The predicted octanol–water partition coefficient (Wildman–Crippen LogP) is 2.05. The number of rotatable bonds is 4. The van der Waals surface area contributed by atoms with Crippen molar-refractivity contribution < 1.29 is 23.0 Å². The first-order valence-electron chi connectivity index (χ1n) is 4.88. The monoisotopic (exact) mass is 245 g/mol. The molecule has 0 amide bonds. The van der Waals surface area contributed by atoms with Crippen molar-refractivity contribution in [3.63, 3.8) is 0 Å². The van der Waals surface area contributed by atoms with Crippen LogP contribution >= 0.6 is 0 Å². The Balaban J connectivity index is 3.18. The second-order valence-electron chi connectivity index (χ2n) is 3.38. The van der Waals surface area contributed by atoms with E-state index in [2.05, 4.69) is 9.72 Å². The molecule has 0 saturated carbocycles. The van der Waals surface area contributed by atoms with Gasteiger partial charge in [0.2, 0.25) is 5.88 Å². The third-order valence-electron chi connectivity index (χ3n) is 2.43. The minimum atomic E-state index is -2.70. The summed E-state index contributed by atoms with van der Waals surface area (Å²) in [5.74, 6) is -0.619. The van der Waals surface area contributed by atoms with Crippen LogP contribution in [0.4, 0.5) is 8.78 Å². The van der Waals surface area contributed by atoms with E-state index in [0.29, 0.717) is 11.1 Å². The highest BCUT2D eigenvalue weighted by molar-refractivity contribution is 5.73. The van der Waals surface area contributed by atoms with Gasteiger partial charge < -0.3 is 9.47 Å². The number of esters is 1. The zero-order valence-corrected chi connectivity index (χ0v) is 9.79. The fourth-order valence-corrected chi connectivity index (χ4v) is 1.46. The Bertz CT molecular complexity index is 421. The molecular weight excluding hydrogens is 232 g/mol. The highest BCUT2D eigenvalue weighted by Crippen LogP contribution is 2.31. The van der Waals surface area contributed by atoms with Crippen LogP contribution in [0, 0.1) is 6.92 Å². The number of methoxy groups -OCH3 is 2. The summed E-state index contributed by atoms with van der Waals surface area (Å²) in [6.45, 7) is 1.50. The zero-order valence-electron chi connectivity index (χ0n) is 9.79. The summed E-state index contributed by atoms with van der Waals surface area (Å²) in [6, 6.07) is 0. The Kier molecular flexibility index (Phi) is 4.37. The minimum Gasteiger partial charge on any atom is -0.481 e. The molecule has 6 heteroatoms. The molecule has 0 aliphatic carbocycles. The van der Waals surface area contributed by atoms with Crippen molar-refractivity contribution in [3.8, 4) is 5.88 Å². The number of alkyl halides is 2. The number of hydrogen-bond donors (Lipinski definition) is 0. The third-order valence-corrected chi connectivity index (χ3v) is 2.43. The van der Waals surface area contributed by atoms with Crippen molar-refractivity contribution in [3.05, 3.63) is 22.9 Å². The van der Waals surface area contributed by atoms with Crippen molar-refractivity contribution in [1.29, 1.82) is 0 Å². The lowest BCUT2D eigenvalue weighted by Gasteiger charge is -2.13. The van der Waals surface area contributed by atoms with Crippen LogP contribution in [0.5, 0.6) is 5.88 Å². The van der Waals surface area contributed by atoms with Crippen molar-refractivity contribution >= 4 is 5.97 Å². The van der Waals surface area contributed by atoms with Crippen LogP contribution in [0.2, 0.25) is 0 Å². The molecule has 0 unspecified atom stereocenters. The molecule has 0 atom stereocenters. The molecule has 1 aromatic heterocycles. The molecule has 0 aromatic carbocycles. The van der Waals surface area contributed by atoms with Gasteiger partial charge in [0.15, 0.2) is 0 Å². The fraction of sp³-hybridized carbons (Fsp3) is 0.455. The largest absolute Gasteiger partial charge is 0.481 e. The predicted molar refractivity (Wildman–Crippen MR) is 56.2 cm³/mol. The lowest BCUT2D eigenvalue weighted by atomic mass is 10.0. The quantitative estimate of drug-likeness (QED) is 0.762. The minimum absolute atomic E-state index is 0.0843. The highest BCUT2D eigenvalue weighted by atomic mass is 19.3. The molecule has 0 saturated heterocycles. The second-order valence-corrected chi connectivity index (χ2v) is 3.38. The molecule has 1 heterocycles. The van der Waals surface area contributed by atoms with Gasteiger partial charge in [-0.1, -0.05) is 0 Å². The number of carbonyl (C=O) groups is 1. The van der Waals surface area contributed by atoms with Crippen molar-refractivity contribution in [2.24, 2.45) is 0 Å². The molecule has 17 heavy (non-hydrogen) atoms. The fourth-order valence-electron chi connectivity index (χ4n) is 1.46. The number of aromatic nitrogens is 1. The topological polar surface area (TPSA) is 48.4 Å². The first-order chi connectivity index (χ1) is 8.01. The van der Waals surface area contributed by atoms with Crippen molar-refractivity contribution in [2.45, 2.75) is 19.8 Å². The zero-order chi connectivity index (χ0) is 13.0. The maximum atomic E-state index is 12.8. The lowest BCUT2D eigenvalue weighted by molar-refractivity contribution is -0.139. The Morgan fingerprint density at radius 2 is 2.12 bits per heavy atom. The standard InChI is InChI=1S/C11H13F2NO3/c1-6-7(4-8(15)16-2)5-14-11(17-3)9(6)10(12)13/h5,10H,4H2,1-3H3. The van der Waals surface area contributed by atoms with E-state index in [0.717, 1.165) is 0 Å². The Hall–Kier alpha value is -1.72. The molecule has 4 nitrogen and oxygen atoms in total. The van der Waals surface area contributed by atoms with Crippen molar-refractivity contribution in [1.82, 2.24) is 4.98 Å².